The van der Waals surface area contributed by atoms with Crippen LogP contribution in [0.1, 0.15) is 59.2 Å². The molecule has 2 aliphatic heterocycles. The Kier molecular flexibility index (Phi) is 4.66. The van der Waals surface area contributed by atoms with Crippen LogP contribution in [-0.4, -0.2) is 58.9 Å². The van der Waals surface area contributed by atoms with Crippen molar-refractivity contribution in [2.45, 2.75) is 38.5 Å². The first kappa shape index (κ1) is 18.0. The smallest absolute Gasteiger partial charge is 0.335 e. The number of hydrogen-bond acceptors (Lipinski definition) is 3. The fourth-order valence-electron chi connectivity index (χ4n) is 4.71. The second-order valence-corrected chi connectivity index (χ2v) is 8.18. The second-order valence-electron chi connectivity index (χ2n) is 8.18. The van der Waals surface area contributed by atoms with Crippen LogP contribution in [0.4, 0.5) is 0 Å². The number of rotatable bonds is 3. The van der Waals surface area contributed by atoms with Gasteiger partial charge in [0, 0.05) is 37.7 Å². The molecule has 0 aromatic heterocycles. The first-order valence-electron chi connectivity index (χ1n) is 9.92. The van der Waals surface area contributed by atoms with Crippen molar-refractivity contribution in [3.63, 3.8) is 0 Å². The van der Waals surface area contributed by atoms with Gasteiger partial charge in [-0.1, -0.05) is 6.07 Å². The number of piperidine rings is 2. The van der Waals surface area contributed by atoms with Gasteiger partial charge >= 0.3 is 5.97 Å². The summed E-state index contributed by atoms with van der Waals surface area (Å²) < 4.78 is 0. The van der Waals surface area contributed by atoms with E-state index in [4.69, 9.17) is 5.11 Å². The van der Waals surface area contributed by atoms with E-state index in [-0.39, 0.29) is 22.8 Å². The van der Waals surface area contributed by atoms with Gasteiger partial charge in [-0.05, 0) is 62.1 Å². The van der Waals surface area contributed by atoms with Crippen LogP contribution < -0.4 is 0 Å². The van der Waals surface area contributed by atoms with Crippen LogP contribution in [0.2, 0.25) is 0 Å². The summed E-state index contributed by atoms with van der Waals surface area (Å²) >= 11 is 0. The Bertz CT molecular complexity index is 761. The SMILES string of the molecule is O=C(O)c1cccc(C(=O)N2CCC3(CC2)CC3C(=O)N2CCCCC2)c1. The first-order valence-corrected chi connectivity index (χ1v) is 9.92. The largest absolute Gasteiger partial charge is 0.478 e. The number of benzene rings is 1. The van der Waals surface area contributed by atoms with E-state index in [1.54, 1.807) is 17.0 Å². The second kappa shape index (κ2) is 6.98. The molecule has 4 rings (SSSR count). The highest BCUT2D eigenvalue weighted by Gasteiger charge is 2.59. The van der Waals surface area contributed by atoms with Gasteiger partial charge in [0.25, 0.3) is 5.91 Å². The summed E-state index contributed by atoms with van der Waals surface area (Å²) in [5.74, 6) is -0.682. The Balaban J connectivity index is 1.35. The van der Waals surface area contributed by atoms with Gasteiger partial charge in [-0.2, -0.15) is 0 Å². The molecule has 2 amide bonds. The topological polar surface area (TPSA) is 77.9 Å². The van der Waals surface area contributed by atoms with Crippen molar-refractivity contribution in [3.8, 4) is 0 Å². The molecular formula is C21H26N2O4. The van der Waals surface area contributed by atoms with Crippen molar-refractivity contribution in [2.24, 2.45) is 11.3 Å². The molecule has 1 N–H and O–H groups in total. The highest BCUT2D eigenvalue weighted by atomic mass is 16.4. The number of hydrogen-bond donors (Lipinski definition) is 1. The number of carbonyl (C=O) groups is 3. The third-order valence-electron chi connectivity index (χ3n) is 6.56. The summed E-state index contributed by atoms with van der Waals surface area (Å²) in [6.45, 7) is 3.08. The molecule has 1 saturated carbocycles. The van der Waals surface area contributed by atoms with Gasteiger partial charge in [-0.25, -0.2) is 4.79 Å². The monoisotopic (exact) mass is 370 g/mol. The summed E-state index contributed by atoms with van der Waals surface area (Å²) in [5.41, 5.74) is 0.639. The zero-order chi connectivity index (χ0) is 19.0. The summed E-state index contributed by atoms with van der Waals surface area (Å²) in [7, 11) is 0. The number of nitrogens with zero attached hydrogens (tertiary/aromatic N) is 2. The molecule has 2 saturated heterocycles. The molecule has 0 radical (unpaired) electrons. The summed E-state index contributed by atoms with van der Waals surface area (Å²) in [4.78, 5) is 40.4. The quantitative estimate of drug-likeness (QED) is 0.887. The lowest BCUT2D eigenvalue weighted by atomic mass is 9.90. The van der Waals surface area contributed by atoms with Crippen molar-refractivity contribution < 1.29 is 19.5 Å². The number of carboxylic acids is 1. The van der Waals surface area contributed by atoms with E-state index < -0.39 is 5.97 Å². The Labute approximate surface area is 159 Å². The van der Waals surface area contributed by atoms with Crippen LogP contribution in [-0.2, 0) is 4.79 Å². The molecule has 1 aromatic rings. The van der Waals surface area contributed by atoms with Gasteiger partial charge in [0.2, 0.25) is 5.91 Å². The molecular weight excluding hydrogens is 344 g/mol. The first-order chi connectivity index (χ1) is 13.0. The number of carboxylic acid groups (broad SMARTS) is 1. The normalized spacial score (nSPS) is 23.9. The predicted octanol–water partition coefficient (Wildman–Crippen LogP) is 2.64. The van der Waals surface area contributed by atoms with E-state index in [0.29, 0.717) is 24.6 Å². The molecule has 3 aliphatic rings. The van der Waals surface area contributed by atoms with Gasteiger partial charge in [0.1, 0.15) is 0 Å². The minimum Gasteiger partial charge on any atom is -0.478 e. The van der Waals surface area contributed by atoms with Crippen molar-refractivity contribution >= 4 is 17.8 Å². The Morgan fingerprint density at radius 3 is 2.26 bits per heavy atom. The zero-order valence-electron chi connectivity index (χ0n) is 15.5. The molecule has 1 atom stereocenters. The summed E-state index contributed by atoms with van der Waals surface area (Å²) in [6.07, 6.45) is 6.13. The van der Waals surface area contributed by atoms with Crippen LogP contribution in [0.5, 0.6) is 0 Å². The van der Waals surface area contributed by atoms with E-state index in [2.05, 4.69) is 0 Å². The van der Waals surface area contributed by atoms with Crippen LogP contribution in [0.15, 0.2) is 24.3 Å². The maximum atomic E-state index is 12.8. The van der Waals surface area contributed by atoms with Crippen molar-refractivity contribution in [3.05, 3.63) is 35.4 Å². The fraction of sp³-hybridized carbons (Fsp3) is 0.571. The van der Waals surface area contributed by atoms with E-state index in [0.717, 1.165) is 45.2 Å². The standard InChI is InChI=1S/C21H26N2O4/c24-18(15-5-4-6-16(13-15)20(26)27)23-11-7-21(8-12-23)14-17(21)19(25)22-9-2-1-3-10-22/h4-6,13,17H,1-3,7-12,14H2,(H,26,27). The van der Waals surface area contributed by atoms with Crippen molar-refractivity contribution in [1.82, 2.24) is 9.80 Å². The molecule has 27 heavy (non-hydrogen) atoms. The van der Waals surface area contributed by atoms with E-state index >= 15 is 0 Å². The molecule has 6 heteroatoms. The average molecular weight is 370 g/mol. The van der Waals surface area contributed by atoms with Crippen molar-refractivity contribution in [1.29, 1.82) is 0 Å². The van der Waals surface area contributed by atoms with Gasteiger partial charge in [0.05, 0.1) is 5.56 Å². The fourth-order valence-corrected chi connectivity index (χ4v) is 4.71. The molecule has 1 aromatic carbocycles. The van der Waals surface area contributed by atoms with Gasteiger partial charge in [0.15, 0.2) is 0 Å². The van der Waals surface area contributed by atoms with E-state index in [1.165, 1.54) is 18.6 Å². The van der Waals surface area contributed by atoms with Crippen molar-refractivity contribution in [2.75, 3.05) is 26.2 Å². The van der Waals surface area contributed by atoms with Crippen LogP contribution in [0.3, 0.4) is 0 Å². The van der Waals surface area contributed by atoms with Gasteiger partial charge in [-0.3, -0.25) is 9.59 Å². The minimum absolute atomic E-state index is 0.0915. The Morgan fingerprint density at radius 1 is 0.926 bits per heavy atom. The zero-order valence-corrected chi connectivity index (χ0v) is 15.5. The average Bonchev–Trinajstić information content (AvgIpc) is 3.41. The maximum absolute atomic E-state index is 12.8. The Hall–Kier alpha value is -2.37. The van der Waals surface area contributed by atoms with Crippen LogP contribution in [0, 0.1) is 11.3 Å². The lowest BCUT2D eigenvalue weighted by Crippen LogP contribution is -2.42. The number of likely N-dealkylation sites (tertiary alicyclic amines) is 2. The maximum Gasteiger partial charge on any atom is 0.335 e. The molecule has 6 nitrogen and oxygen atoms in total. The molecule has 2 heterocycles. The molecule has 3 fully saturated rings. The lowest BCUT2D eigenvalue weighted by Gasteiger charge is -2.34. The summed E-state index contributed by atoms with van der Waals surface area (Å²) in [5, 5.41) is 9.11. The van der Waals surface area contributed by atoms with E-state index in [1.807, 2.05) is 4.90 Å². The lowest BCUT2D eigenvalue weighted by molar-refractivity contribution is -0.134. The third kappa shape index (κ3) is 3.45. The molecule has 144 valence electrons. The van der Waals surface area contributed by atoms with Gasteiger partial charge in [-0.15, -0.1) is 0 Å². The van der Waals surface area contributed by atoms with Crippen LogP contribution in [0.25, 0.3) is 0 Å². The van der Waals surface area contributed by atoms with Crippen LogP contribution >= 0.6 is 0 Å². The Morgan fingerprint density at radius 2 is 1.59 bits per heavy atom. The molecule has 1 unspecified atom stereocenters. The number of carbonyl (C=O) groups excluding carboxylic acids is 2. The number of amides is 2. The highest BCUT2D eigenvalue weighted by molar-refractivity contribution is 5.97. The van der Waals surface area contributed by atoms with Gasteiger partial charge < -0.3 is 14.9 Å². The molecule has 1 spiro atoms. The molecule has 1 aliphatic carbocycles. The third-order valence-corrected chi connectivity index (χ3v) is 6.56. The minimum atomic E-state index is -1.03. The van der Waals surface area contributed by atoms with E-state index in [9.17, 15) is 14.4 Å². The predicted molar refractivity (Wildman–Crippen MR) is 99.5 cm³/mol. The highest BCUT2D eigenvalue weighted by Crippen LogP contribution is 2.60. The number of aromatic carboxylic acids is 1. The molecule has 0 bridgehead atoms. The summed E-state index contributed by atoms with van der Waals surface area (Å²) in [6, 6.07) is 6.20.